The minimum Gasteiger partial charge on any atom is -0.465 e. The molecule has 0 radical (unpaired) electrons. The summed E-state index contributed by atoms with van der Waals surface area (Å²) < 4.78 is 7.85. The number of primary amides is 1. The van der Waals surface area contributed by atoms with E-state index in [9.17, 15) is 14.4 Å². The predicted molar refractivity (Wildman–Crippen MR) is 133 cm³/mol. The van der Waals surface area contributed by atoms with E-state index in [4.69, 9.17) is 20.7 Å². The second-order valence-corrected chi connectivity index (χ2v) is 9.32. The quantitative estimate of drug-likeness (QED) is 0.496. The van der Waals surface area contributed by atoms with Crippen LogP contribution in [0.15, 0.2) is 42.5 Å². The molecule has 188 valence electrons. The lowest BCUT2D eigenvalue weighted by atomic mass is 9.96. The second kappa shape index (κ2) is 9.98. The smallest absolute Gasteiger partial charge is 0.407 e. The van der Waals surface area contributed by atoms with Crippen LogP contribution in [0.4, 0.5) is 10.5 Å². The van der Waals surface area contributed by atoms with E-state index < -0.39 is 12.0 Å². The number of nitrogens with two attached hydrogens (primary N) is 1. The zero-order chi connectivity index (χ0) is 25.2. The molecule has 0 saturated carbocycles. The highest BCUT2D eigenvalue weighted by atomic mass is 16.5. The van der Waals surface area contributed by atoms with Crippen molar-refractivity contribution in [2.75, 3.05) is 25.0 Å². The fraction of sp³-hybridized carbons (Fsp3) is 0.385. The van der Waals surface area contributed by atoms with Crippen molar-refractivity contribution < 1.29 is 24.2 Å². The number of likely N-dealkylation sites (tertiary alicyclic amines) is 1. The standard InChI is InChI=1S/C26H29N5O5/c27-24(32)18-7-8-21-20(15-18)23(29-31(21)22-6-1-2-13-36-22)17-4-3-5-19(14-17)28-25(33)16-9-11-30(12-10-16)26(34)35/h3-5,7-8,14-16,22H,1-2,6,9-13H2,(H2,27,32)(H,28,33)(H,34,35). The van der Waals surface area contributed by atoms with E-state index in [1.165, 1.54) is 4.90 Å². The molecule has 2 aliphatic rings. The van der Waals surface area contributed by atoms with E-state index >= 15 is 0 Å². The molecular weight excluding hydrogens is 462 g/mol. The van der Waals surface area contributed by atoms with Crippen molar-refractivity contribution in [3.63, 3.8) is 0 Å². The number of benzene rings is 2. The van der Waals surface area contributed by atoms with E-state index in [-0.39, 0.29) is 18.1 Å². The fourth-order valence-corrected chi connectivity index (χ4v) is 4.97. The Kier molecular flexibility index (Phi) is 6.60. The van der Waals surface area contributed by atoms with Crippen LogP contribution in [-0.4, -0.2) is 57.4 Å². The van der Waals surface area contributed by atoms with E-state index in [0.717, 1.165) is 35.7 Å². The van der Waals surface area contributed by atoms with Crippen molar-refractivity contribution in [1.29, 1.82) is 0 Å². The topological polar surface area (TPSA) is 140 Å². The molecule has 3 heterocycles. The minimum absolute atomic E-state index is 0.126. The summed E-state index contributed by atoms with van der Waals surface area (Å²) in [5.41, 5.74) is 8.87. The number of rotatable bonds is 5. The van der Waals surface area contributed by atoms with Crippen molar-refractivity contribution in [3.8, 4) is 11.3 Å². The van der Waals surface area contributed by atoms with Crippen LogP contribution in [0, 0.1) is 5.92 Å². The van der Waals surface area contributed by atoms with E-state index in [0.29, 0.717) is 49.5 Å². The number of nitrogens with one attached hydrogen (secondary N) is 1. The van der Waals surface area contributed by atoms with Crippen LogP contribution < -0.4 is 11.1 Å². The number of hydrogen-bond acceptors (Lipinski definition) is 5. The number of piperidine rings is 1. The molecule has 3 aromatic rings. The zero-order valence-electron chi connectivity index (χ0n) is 19.9. The molecule has 2 saturated heterocycles. The summed E-state index contributed by atoms with van der Waals surface area (Å²) in [5, 5.41) is 17.8. The molecule has 2 aromatic carbocycles. The Hall–Kier alpha value is -3.92. The molecule has 0 spiro atoms. The highest BCUT2D eigenvalue weighted by Gasteiger charge is 2.27. The van der Waals surface area contributed by atoms with Gasteiger partial charge in [-0.15, -0.1) is 0 Å². The molecule has 2 fully saturated rings. The van der Waals surface area contributed by atoms with Crippen molar-refractivity contribution in [2.24, 2.45) is 11.7 Å². The Morgan fingerprint density at radius 2 is 1.86 bits per heavy atom. The van der Waals surface area contributed by atoms with Gasteiger partial charge >= 0.3 is 6.09 Å². The molecule has 1 unspecified atom stereocenters. The number of anilines is 1. The van der Waals surface area contributed by atoms with Gasteiger partial charge in [0.15, 0.2) is 6.23 Å². The number of carboxylic acid groups (broad SMARTS) is 1. The lowest BCUT2D eigenvalue weighted by Gasteiger charge is -2.29. The van der Waals surface area contributed by atoms with Gasteiger partial charge in [-0.25, -0.2) is 9.48 Å². The molecule has 2 aliphatic heterocycles. The van der Waals surface area contributed by atoms with Gasteiger partial charge in [0.25, 0.3) is 0 Å². The van der Waals surface area contributed by atoms with Gasteiger partial charge in [0.1, 0.15) is 5.69 Å². The molecule has 36 heavy (non-hydrogen) atoms. The summed E-state index contributed by atoms with van der Waals surface area (Å²) in [5.74, 6) is -0.885. The normalized spacial score (nSPS) is 18.8. The van der Waals surface area contributed by atoms with Gasteiger partial charge in [-0.3, -0.25) is 9.59 Å². The monoisotopic (exact) mass is 491 g/mol. The number of ether oxygens (including phenoxy) is 1. The molecule has 3 amide bonds. The van der Waals surface area contributed by atoms with Gasteiger partial charge in [0.05, 0.1) is 5.52 Å². The summed E-state index contributed by atoms with van der Waals surface area (Å²) in [6.45, 7) is 1.37. The summed E-state index contributed by atoms with van der Waals surface area (Å²) in [4.78, 5) is 37.2. The highest BCUT2D eigenvalue weighted by molar-refractivity contribution is 6.01. The van der Waals surface area contributed by atoms with Gasteiger partial charge in [0.2, 0.25) is 11.8 Å². The van der Waals surface area contributed by atoms with Gasteiger partial charge < -0.3 is 25.8 Å². The van der Waals surface area contributed by atoms with Crippen LogP contribution in [0.5, 0.6) is 0 Å². The molecule has 1 atom stereocenters. The van der Waals surface area contributed by atoms with Gasteiger partial charge in [-0.2, -0.15) is 5.10 Å². The Labute approximate surface area is 208 Å². The predicted octanol–water partition coefficient (Wildman–Crippen LogP) is 3.83. The summed E-state index contributed by atoms with van der Waals surface area (Å²) in [7, 11) is 0. The summed E-state index contributed by atoms with van der Waals surface area (Å²) >= 11 is 0. The number of hydrogen-bond donors (Lipinski definition) is 3. The van der Waals surface area contributed by atoms with Crippen molar-refractivity contribution >= 4 is 34.5 Å². The van der Waals surface area contributed by atoms with Crippen molar-refractivity contribution in [3.05, 3.63) is 48.0 Å². The van der Waals surface area contributed by atoms with E-state index in [1.54, 1.807) is 12.1 Å². The number of aromatic nitrogens is 2. The maximum Gasteiger partial charge on any atom is 0.407 e. The van der Waals surface area contributed by atoms with Gasteiger partial charge in [-0.05, 0) is 62.4 Å². The second-order valence-electron chi connectivity index (χ2n) is 9.32. The van der Waals surface area contributed by atoms with Crippen LogP contribution in [0.3, 0.4) is 0 Å². The number of amides is 3. The number of nitrogens with zero attached hydrogens (tertiary/aromatic N) is 3. The van der Waals surface area contributed by atoms with Crippen LogP contribution in [0.25, 0.3) is 22.2 Å². The SMILES string of the molecule is NC(=O)c1ccc2c(c1)c(-c1cccc(NC(=O)C3CCN(C(=O)O)CC3)c1)nn2C1CCCCO1. The first-order valence-corrected chi connectivity index (χ1v) is 12.2. The van der Waals surface area contributed by atoms with E-state index in [1.807, 2.05) is 35.0 Å². The highest BCUT2D eigenvalue weighted by Crippen LogP contribution is 2.34. The first-order valence-electron chi connectivity index (χ1n) is 12.2. The minimum atomic E-state index is -0.952. The van der Waals surface area contributed by atoms with Crippen LogP contribution >= 0.6 is 0 Å². The average molecular weight is 492 g/mol. The summed E-state index contributed by atoms with van der Waals surface area (Å²) in [6, 6.07) is 12.7. The molecule has 5 rings (SSSR count). The molecule has 1 aromatic heterocycles. The number of carbonyl (C=O) groups excluding carboxylic acids is 2. The fourth-order valence-electron chi connectivity index (χ4n) is 4.97. The molecule has 10 heteroatoms. The first kappa shape index (κ1) is 23.8. The third kappa shape index (κ3) is 4.76. The lowest BCUT2D eigenvalue weighted by molar-refractivity contribution is -0.121. The maximum atomic E-state index is 12.9. The van der Waals surface area contributed by atoms with Gasteiger partial charge in [0, 0.05) is 47.8 Å². The Morgan fingerprint density at radius 1 is 1.06 bits per heavy atom. The van der Waals surface area contributed by atoms with Crippen LogP contribution in [0.1, 0.15) is 48.7 Å². The molecule has 4 N–H and O–H groups in total. The molecule has 0 bridgehead atoms. The third-order valence-electron chi connectivity index (χ3n) is 6.96. The molecular formula is C26H29N5O5. The van der Waals surface area contributed by atoms with Crippen LogP contribution in [0.2, 0.25) is 0 Å². The Morgan fingerprint density at radius 3 is 2.56 bits per heavy atom. The average Bonchev–Trinajstić information content (AvgIpc) is 3.28. The van der Waals surface area contributed by atoms with Gasteiger partial charge in [-0.1, -0.05) is 12.1 Å². The number of carbonyl (C=O) groups is 3. The zero-order valence-corrected chi connectivity index (χ0v) is 19.9. The molecule has 10 nitrogen and oxygen atoms in total. The maximum absolute atomic E-state index is 12.9. The van der Waals surface area contributed by atoms with E-state index in [2.05, 4.69) is 5.32 Å². The first-order chi connectivity index (χ1) is 17.4. The van der Waals surface area contributed by atoms with Crippen molar-refractivity contribution in [1.82, 2.24) is 14.7 Å². The Bertz CT molecular complexity index is 1310. The van der Waals surface area contributed by atoms with Crippen molar-refractivity contribution in [2.45, 2.75) is 38.3 Å². The summed E-state index contributed by atoms with van der Waals surface area (Å²) in [6.07, 6.45) is 2.76. The number of fused-ring (bicyclic) bond motifs is 1. The van der Waals surface area contributed by atoms with Crippen LogP contribution in [-0.2, 0) is 9.53 Å². The third-order valence-corrected chi connectivity index (χ3v) is 6.96. The molecule has 0 aliphatic carbocycles. The Balaban J connectivity index is 1.43. The largest absolute Gasteiger partial charge is 0.465 e. The lowest BCUT2D eigenvalue weighted by Crippen LogP contribution is -2.40.